The molecule has 2 rings (SSSR count). The average molecular weight is 416 g/mol. The Bertz CT molecular complexity index is 510. The van der Waals surface area contributed by atoms with E-state index in [1.54, 1.807) is 4.90 Å². The monoisotopic (exact) mass is 416 g/mol. The fourth-order valence-corrected chi connectivity index (χ4v) is 2.95. The van der Waals surface area contributed by atoms with E-state index in [9.17, 15) is 4.79 Å². The molecule has 1 amide bonds. The standard InChI is InChI=1S/C17H25IN2O2/c1-12(13-5-7-14(18)8-6-13)19-15-9-10-20(11-15)16(21)22-17(2,3)4/h5-8,12,15,19H,9-11H2,1-4H3. The SMILES string of the molecule is CC(NC1CCN(C(=O)OC(C)(C)C)C1)c1ccc(I)cc1. The van der Waals surface area contributed by atoms with E-state index in [1.807, 2.05) is 20.8 Å². The van der Waals surface area contributed by atoms with Gasteiger partial charge >= 0.3 is 6.09 Å². The van der Waals surface area contributed by atoms with Crippen molar-refractivity contribution in [3.63, 3.8) is 0 Å². The molecule has 2 atom stereocenters. The molecule has 0 bridgehead atoms. The number of ether oxygens (including phenoxy) is 1. The van der Waals surface area contributed by atoms with E-state index in [1.165, 1.54) is 9.13 Å². The lowest BCUT2D eigenvalue weighted by Gasteiger charge is -2.25. The highest BCUT2D eigenvalue weighted by Crippen LogP contribution is 2.19. The van der Waals surface area contributed by atoms with Crippen LogP contribution in [-0.2, 0) is 4.74 Å². The summed E-state index contributed by atoms with van der Waals surface area (Å²) in [6, 6.07) is 9.15. The first-order valence-corrected chi connectivity index (χ1v) is 8.82. The van der Waals surface area contributed by atoms with Crippen LogP contribution in [0.15, 0.2) is 24.3 Å². The number of benzene rings is 1. The lowest BCUT2D eigenvalue weighted by Crippen LogP contribution is -2.39. The second-order valence-electron chi connectivity index (χ2n) is 6.85. The number of nitrogens with one attached hydrogen (secondary N) is 1. The Morgan fingerprint density at radius 3 is 2.59 bits per heavy atom. The molecule has 5 heteroatoms. The number of nitrogens with zero attached hydrogens (tertiary/aromatic N) is 1. The zero-order valence-electron chi connectivity index (χ0n) is 13.7. The summed E-state index contributed by atoms with van der Waals surface area (Å²) >= 11 is 2.31. The first-order valence-electron chi connectivity index (χ1n) is 7.74. The maximum atomic E-state index is 12.1. The zero-order chi connectivity index (χ0) is 16.3. The third-order valence-corrected chi connectivity index (χ3v) is 4.41. The van der Waals surface area contributed by atoms with Gasteiger partial charge in [0.05, 0.1) is 0 Å². The highest BCUT2D eigenvalue weighted by molar-refractivity contribution is 14.1. The van der Waals surface area contributed by atoms with Crippen LogP contribution in [0.25, 0.3) is 0 Å². The highest BCUT2D eigenvalue weighted by Gasteiger charge is 2.30. The van der Waals surface area contributed by atoms with Crippen molar-refractivity contribution in [3.05, 3.63) is 33.4 Å². The molecule has 0 aliphatic carbocycles. The van der Waals surface area contributed by atoms with Gasteiger partial charge in [-0.05, 0) is 74.4 Å². The van der Waals surface area contributed by atoms with Gasteiger partial charge in [-0.1, -0.05) is 12.1 Å². The lowest BCUT2D eigenvalue weighted by molar-refractivity contribution is 0.0290. The van der Waals surface area contributed by atoms with E-state index >= 15 is 0 Å². The number of carbonyl (C=O) groups excluding carboxylic acids is 1. The van der Waals surface area contributed by atoms with E-state index in [4.69, 9.17) is 4.74 Å². The van der Waals surface area contributed by atoms with Gasteiger partial charge < -0.3 is 15.0 Å². The molecule has 1 aromatic carbocycles. The van der Waals surface area contributed by atoms with Crippen LogP contribution in [0.4, 0.5) is 4.79 Å². The molecule has 0 spiro atoms. The first kappa shape index (κ1) is 17.5. The average Bonchev–Trinajstić information content (AvgIpc) is 2.86. The second kappa shape index (κ2) is 7.17. The lowest BCUT2D eigenvalue weighted by atomic mass is 10.1. The van der Waals surface area contributed by atoms with Gasteiger partial charge in [0.15, 0.2) is 0 Å². The molecule has 22 heavy (non-hydrogen) atoms. The number of carbonyl (C=O) groups is 1. The van der Waals surface area contributed by atoms with Gasteiger partial charge in [-0.2, -0.15) is 0 Å². The summed E-state index contributed by atoms with van der Waals surface area (Å²) in [5, 5.41) is 3.61. The summed E-state index contributed by atoms with van der Waals surface area (Å²) in [5.74, 6) is 0. The molecule has 2 unspecified atom stereocenters. The van der Waals surface area contributed by atoms with Crippen LogP contribution in [0.1, 0.15) is 45.7 Å². The van der Waals surface area contributed by atoms with Crippen LogP contribution >= 0.6 is 22.6 Å². The number of likely N-dealkylation sites (tertiary alicyclic amines) is 1. The minimum Gasteiger partial charge on any atom is -0.444 e. The number of halogens is 1. The van der Waals surface area contributed by atoms with Gasteiger partial charge in [-0.15, -0.1) is 0 Å². The first-order chi connectivity index (χ1) is 10.2. The van der Waals surface area contributed by atoms with Gasteiger partial charge in [-0.25, -0.2) is 4.79 Å². The molecule has 0 radical (unpaired) electrons. The Balaban J connectivity index is 1.85. The topological polar surface area (TPSA) is 41.6 Å². The van der Waals surface area contributed by atoms with E-state index < -0.39 is 5.60 Å². The molecule has 1 N–H and O–H groups in total. The van der Waals surface area contributed by atoms with Crippen LogP contribution in [-0.4, -0.2) is 35.7 Å². The molecular weight excluding hydrogens is 391 g/mol. The van der Waals surface area contributed by atoms with Gasteiger partial charge in [0.1, 0.15) is 5.60 Å². The second-order valence-corrected chi connectivity index (χ2v) is 8.10. The van der Waals surface area contributed by atoms with Gasteiger partial charge in [-0.3, -0.25) is 0 Å². The molecular formula is C17H25IN2O2. The van der Waals surface area contributed by atoms with Gasteiger partial charge in [0, 0.05) is 28.7 Å². The molecule has 0 aromatic heterocycles. The number of amides is 1. The normalized spacial score (nSPS) is 20.0. The summed E-state index contributed by atoms with van der Waals surface area (Å²) < 4.78 is 6.67. The molecule has 0 saturated carbocycles. The minimum absolute atomic E-state index is 0.210. The summed E-state index contributed by atoms with van der Waals surface area (Å²) in [7, 11) is 0. The molecule has 1 heterocycles. The van der Waals surface area contributed by atoms with Crippen molar-refractivity contribution in [1.29, 1.82) is 0 Å². The summed E-state index contributed by atoms with van der Waals surface area (Å²) in [4.78, 5) is 13.9. The van der Waals surface area contributed by atoms with E-state index in [-0.39, 0.29) is 12.1 Å². The van der Waals surface area contributed by atoms with Crippen LogP contribution < -0.4 is 5.32 Å². The Morgan fingerprint density at radius 1 is 1.36 bits per heavy atom. The van der Waals surface area contributed by atoms with Crippen LogP contribution in [0, 0.1) is 3.57 Å². The summed E-state index contributed by atoms with van der Waals surface area (Å²) in [6.07, 6.45) is 0.757. The van der Waals surface area contributed by atoms with Crippen molar-refractivity contribution in [3.8, 4) is 0 Å². The van der Waals surface area contributed by atoms with E-state index in [2.05, 4.69) is 59.1 Å². The summed E-state index contributed by atoms with van der Waals surface area (Å²) in [6.45, 7) is 9.33. The molecule has 1 fully saturated rings. The molecule has 4 nitrogen and oxygen atoms in total. The smallest absolute Gasteiger partial charge is 0.410 e. The predicted octanol–water partition coefficient (Wildman–Crippen LogP) is 3.95. The predicted molar refractivity (Wildman–Crippen MR) is 96.9 cm³/mol. The fraction of sp³-hybridized carbons (Fsp3) is 0.588. The third-order valence-electron chi connectivity index (χ3n) is 3.70. The minimum atomic E-state index is -0.433. The molecule has 122 valence electrons. The number of hydrogen-bond acceptors (Lipinski definition) is 3. The van der Waals surface area contributed by atoms with Crippen molar-refractivity contribution in [2.45, 2.75) is 51.8 Å². The largest absolute Gasteiger partial charge is 0.444 e. The van der Waals surface area contributed by atoms with Crippen molar-refractivity contribution in [2.75, 3.05) is 13.1 Å². The quantitative estimate of drug-likeness (QED) is 0.759. The molecule has 1 aliphatic rings. The van der Waals surface area contributed by atoms with Gasteiger partial charge in [0.25, 0.3) is 0 Å². The zero-order valence-corrected chi connectivity index (χ0v) is 15.9. The highest BCUT2D eigenvalue weighted by atomic mass is 127. The van der Waals surface area contributed by atoms with Crippen molar-refractivity contribution in [2.24, 2.45) is 0 Å². The van der Waals surface area contributed by atoms with Crippen LogP contribution in [0.5, 0.6) is 0 Å². The maximum Gasteiger partial charge on any atom is 0.410 e. The van der Waals surface area contributed by atoms with Crippen molar-refractivity contribution >= 4 is 28.7 Å². The number of hydrogen-bond donors (Lipinski definition) is 1. The Kier molecular flexibility index (Phi) is 5.71. The Hall–Kier alpha value is -0.820. The van der Waals surface area contributed by atoms with E-state index in [0.29, 0.717) is 12.6 Å². The van der Waals surface area contributed by atoms with Crippen LogP contribution in [0.2, 0.25) is 0 Å². The van der Waals surface area contributed by atoms with Crippen molar-refractivity contribution < 1.29 is 9.53 Å². The maximum absolute atomic E-state index is 12.1. The fourth-order valence-electron chi connectivity index (χ4n) is 2.59. The number of rotatable bonds is 3. The van der Waals surface area contributed by atoms with Gasteiger partial charge in [0.2, 0.25) is 0 Å². The molecule has 1 saturated heterocycles. The third kappa shape index (κ3) is 5.12. The Labute approximate surface area is 146 Å². The van der Waals surface area contributed by atoms with E-state index in [0.717, 1.165) is 13.0 Å². The molecule has 1 aromatic rings. The van der Waals surface area contributed by atoms with Crippen LogP contribution in [0.3, 0.4) is 0 Å². The molecule has 1 aliphatic heterocycles. The Morgan fingerprint density at radius 2 is 2.00 bits per heavy atom. The summed E-state index contributed by atoms with van der Waals surface area (Å²) in [5.41, 5.74) is 0.841. The van der Waals surface area contributed by atoms with Crippen molar-refractivity contribution in [1.82, 2.24) is 10.2 Å².